The first-order chi connectivity index (χ1) is 8.44. The molecule has 1 aliphatic rings. The highest BCUT2D eigenvalue weighted by Crippen LogP contribution is 2.45. The summed E-state index contributed by atoms with van der Waals surface area (Å²) < 4.78 is 5.81. The van der Waals surface area contributed by atoms with Gasteiger partial charge in [-0.05, 0) is 55.5 Å². The zero-order valence-corrected chi connectivity index (χ0v) is 12.2. The van der Waals surface area contributed by atoms with Crippen molar-refractivity contribution in [3.05, 3.63) is 29.3 Å². The van der Waals surface area contributed by atoms with E-state index in [9.17, 15) is 0 Å². The SMILES string of the molecule is CCNC1CC(C)(C)c2ccc(OC(C)C)cc21. The average Bonchev–Trinajstić information content (AvgIpc) is 2.50. The van der Waals surface area contributed by atoms with Gasteiger partial charge in [0, 0.05) is 6.04 Å². The van der Waals surface area contributed by atoms with Gasteiger partial charge in [-0.25, -0.2) is 0 Å². The summed E-state index contributed by atoms with van der Waals surface area (Å²) in [5.74, 6) is 0.990. The molecule has 0 heterocycles. The Morgan fingerprint density at radius 3 is 2.72 bits per heavy atom. The predicted octanol–water partition coefficient (Wildman–Crippen LogP) is 3.81. The first-order valence-corrected chi connectivity index (χ1v) is 6.98. The van der Waals surface area contributed by atoms with Gasteiger partial charge in [0.25, 0.3) is 0 Å². The van der Waals surface area contributed by atoms with E-state index in [-0.39, 0.29) is 11.5 Å². The highest BCUT2D eigenvalue weighted by Gasteiger charge is 2.36. The van der Waals surface area contributed by atoms with Gasteiger partial charge in [-0.1, -0.05) is 26.8 Å². The molecule has 0 aromatic heterocycles. The Labute approximate surface area is 111 Å². The molecular formula is C16H25NO. The summed E-state index contributed by atoms with van der Waals surface area (Å²) in [6.07, 6.45) is 1.40. The van der Waals surface area contributed by atoms with E-state index in [0.717, 1.165) is 12.3 Å². The van der Waals surface area contributed by atoms with E-state index >= 15 is 0 Å². The Bertz CT molecular complexity index is 423. The van der Waals surface area contributed by atoms with Crippen LogP contribution in [0, 0.1) is 0 Å². The molecule has 18 heavy (non-hydrogen) atoms. The van der Waals surface area contributed by atoms with Gasteiger partial charge < -0.3 is 10.1 Å². The van der Waals surface area contributed by atoms with E-state index in [2.05, 4.69) is 58.1 Å². The van der Waals surface area contributed by atoms with Crippen LogP contribution in [0.1, 0.15) is 58.2 Å². The lowest BCUT2D eigenvalue weighted by atomic mass is 9.86. The van der Waals surface area contributed by atoms with Gasteiger partial charge >= 0.3 is 0 Å². The predicted molar refractivity (Wildman–Crippen MR) is 76.3 cm³/mol. The number of rotatable bonds is 4. The van der Waals surface area contributed by atoms with Gasteiger partial charge in [0.15, 0.2) is 0 Å². The first-order valence-electron chi connectivity index (χ1n) is 6.98. The first kappa shape index (κ1) is 13.4. The van der Waals surface area contributed by atoms with Gasteiger partial charge in [-0.3, -0.25) is 0 Å². The molecule has 2 nitrogen and oxygen atoms in total. The topological polar surface area (TPSA) is 21.3 Å². The largest absolute Gasteiger partial charge is 0.491 e. The second-order valence-corrected chi connectivity index (χ2v) is 6.11. The molecule has 1 aliphatic carbocycles. The lowest BCUT2D eigenvalue weighted by Gasteiger charge is -2.19. The smallest absolute Gasteiger partial charge is 0.120 e. The fraction of sp³-hybridized carbons (Fsp3) is 0.625. The number of nitrogens with one attached hydrogen (secondary N) is 1. The number of benzene rings is 1. The van der Waals surface area contributed by atoms with Crippen LogP contribution >= 0.6 is 0 Å². The molecule has 0 spiro atoms. The van der Waals surface area contributed by atoms with Crippen LogP contribution in [-0.2, 0) is 5.41 Å². The molecule has 1 N–H and O–H groups in total. The van der Waals surface area contributed by atoms with E-state index in [1.54, 1.807) is 0 Å². The third-order valence-corrected chi connectivity index (χ3v) is 3.66. The van der Waals surface area contributed by atoms with Crippen molar-refractivity contribution >= 4 is 0 Å². The monoisotopic (exact) mass is 247 g/mol. The minimum atomic E-state index is 0.232. The molecule has 1 aromatic carbocycles. The van der Waals surface area contributed by atoms with Crippen LogP contribution < -0.4 is 10.1 Å². The van der Waals surface area contributed by atoms with Crippen molar-refractivity contribution in [3.8, 4) is 5.75 Å². The molecule has 0 saturated heterocycles. The zero-order chi connectivity index (χ0) is 13.3. The van der Waals surface area contributed by atoms with Gasteiger partial charge in [0.05, 0.1) is 6.10 Å². The fourth-order valence-corrected chi connectivity index (χ4v) is 2.95. The van der Waals surface area contributed by atoms with Gasteiger partial charge in [0.1, 0.15) is 5.75 Å². The van der Waals surface area contributed by atoms with Gasteiger partial charge in [-0.2, -0.15) is 0 Å². The maximum absolute atomic E-state index is 5.81. The fourth-order valence-electron chi connectivity index (χ4n) is 2.95. The second-order valence-electron chi connectivity index (χ2n) is 6.11. The molecule has 100 valence electrons. The highest BCUT2D eigenvalue weighted by atomic mass is 16.5. The molecule has 1 atom stereocenters. The molecule has 0 bridgehead atoms. The van der Waals surface area contributed by atoms with Crippen LogP contribution in [0.5, 0.6) is 5.75 Å². The van der Waals surface area contributed by atoms with Crippen molar-refractivity contribution in [2.24, 2.45) is 0 Å². The summed E-state index contributed by atoms with van der Waals surface area (Å²) in [4.78, 5) is 0. The molecule has 0 aliphatic heterocycles. The van der Waals surface area contributed by atoms with E-state index < -0.39 is 0 Å². The number of fused-ring (bicyclic) bond motifs is 1. The molecule has 1 aromatic rings. The Morgan fingerprint density at radius 2 is 2.11 bits per heavy atom. The molecule has 2 heteroatoms. The summed E-state index contributed by atoms with van der Waals surface area (Å²) in [6, 6.07) is 7.03. The third kappa shape index (κ3) is 2.54. The van der Waals surface area contributed by atoms with Crippen LogP contribution in [0.4, 0.5) is 0 Å². The van der Waals surface area contributed by atoms with E-state index in [1.165, 1.54) is 17.5 Å². The maximum Gasteiger partial charge on any atom is 0.120 e. The van der Waals surface area contributed by atoms with Crippen LogP contribution in [-0.4, -0.2) is 12.6 Å². The summed E-state index contributed by atoms with van der Waals surface area (Å²) in [5, 5.41) is 3.58. The number of hydrogen-bond acceptors (Lipinski definition) is 2. The maximum atomic E-state index is 5.81. The molecule has 2 rings (SSSR count). The summed E-state index contributed by atoms with van der Waals surface area (Å²) in [6.45, 7) is 12.0. The normalized spacial score (nSPS) is 21.1. The Hall–Kier alpha value is -1.02. The van der Waals surface area contributed by atoms with Crippen molar-refractivity contribution in [1.29, 1.82) is 0 Å². The Balaban J connectivity index is 2.34. The molecule has 0 fully saturated rings. The quantitative estimate of drug-likeness (QED) is 0.873. The second kappa shape index (κ2) is 4.93. The number of hydrogen-bond donors (Lipinski definition) is 1. The van der Waals surface area contributed by atoms with E-state index in [1.807, 2.05) is 0 Å². The van der Waals surface area contributed by atoms with Crippen molar-refractivity contribution in [2.45, 2.75) is 58.6 Å². The lowest BCUT2D eigenvalue weighted by Crippen LogP contribution is -2.20. The lowest BCUT2D eigenvalue weighted by molar-refractivity contribution is 0.242. The Kier molecular flexibility index (Phi) is 3.67. The van der Waals surface area contributed by atoms with Crippen LogP contribution in [0.2, 0.25) is 0 Å². The standard InChI is InChI=1S/C16H25NO/c1-6-17-15-10-16(4,5)14-8-7-12(9-13(14)15)18-11(2)3/h7-9,11,15,17H,6,10H2,1-5H3. The summed E-state index contributed by atoms with van der Waals surface area (Å²) in [5.41, 5.74) is 3.14. The minimum Gasteiger partial charge on any atom is -0.491 e. The van der Waals surface area contributed by atoms with Crippen molar-refractivity contribution < 1.29 is 4.74 Å². The highest BCUT2D eigenvalue weighted by molar-refractivity contribution is 5.45. The van der Waals surface area contributed by atoms with Gasteiger partial charge in [0.2, 0.25) is 0 Å². The van der Waals surface area contributed by atoms with Crippen LogP contribution in [0.15, 0.2) is 18.2 Å². The van der Waals surface area contributed by atoms with E-state index in [0.29, 0.717) is 6.04 Å². The van der Waals surface area contributed by atoms with Crippen molar-refractivity contribution in [3.63, 3.8) is 0 Å². The van der Waals surface area contributed by atoms with E-state index in [4.69, 9.17) is 4.74 Å². The molecule has 0 saturated carbocycles. The molecule has 0 amide bonds. The van der Waals surface area contributed by atoms with Crippen molar-refractivity contribution in [2.75, 3.05) is 6.54 Å². The minimum absolute atomic E-state index is 0.232. The Morgan fingerprint density at radius 1 is 1.39 bits per heavy atom. The summed E-state index contributed by atoms with van der Waals surface area (Å²) >= 11 is 0. The molecule has 1 unspecified atom stereocenters. The van der Waals surface area contributed by atoms with Crippen LogP contribution in [0.25, 0.3) is 0 Å². The average molecular weight is 247 g/mol. The van der Waals surface area contributed by atoms with Gasteiger partial charge in [-0.15, -0.1) is 0 Å². The summed E-state index contributed by atoms with van der Waals surface area (Å²) in [7, 11) is 0. The van der Waals surface area contributed by atoms with Crippen molar-refractivity contribution in [1.82, 2.24) is 5.32 Å². The third-order valence-electron chi connectivity index (χ3n) is 3.66. The molecular weight excluding hydrogens is 222 g/mol. The molecule has 0 radical (unpaired) electrons. The number of ether oxygens (including phenoxy) is 1. The van der Waals surface area contributed by atoms with Crippen LogP contribution in [0.3, 0.4) is 0 Å². The zero-order valence-electron chi connectivity index (χ0n) is 12.2.